The van der Waals surface area contributed by atoms with Crippen molar-refractivity contribution in [1.82, 2.24) is 10.3 Å². The first-order chi connectivity index (χ1) is 7.32. The van der Waals surface area contributed by atoms with Gasteiger partial charge < -0.3 is 5.32 Å². The molecule has 0 aromatic carbocycles. The molecule has 0 saturated heterocycles. The number of aryl methyl sites for hydroxylation is 1. The lowest BCUT2D eigenvalue weighted by Crippen LogP contribution is -2.36. The number of amides is 1. The standard InChI is InChI=1S/C13H20N2O/c1-9-6-7-14-8-11(9)10(2)15-12(16)13(3,4)5/h6-8,10H,1-5H3,(H,15,16). The molecule has 1 unspecified atom stereocenters. The van der Waals surface area contributed by atoms with Crippen LogP contribution in [0.1, 0.15) is 44.9 Å². The van der Waals surface area contributed by atoms with Gasteiger partial charge in [0.25, 0.3) is 0 Å². The van der Waals surface area contributed by atoms with E-state index in [-0.39, 0.29) is 17.4 Å². The molecule has 0 radical (unpaired) electrons. The smallest absolute Gasteiger partial charge is 0.225 e. The predicted molar refractivity (Wildman–Crippen MR) is 65.0 cm³/mol. The number of hydrogen-bond acceptors (Lipinski definition) is 2. The third-order valence-corrected chi connectivity index (χ3v) is 2.57. The molecule has 3 nitrogen and oxygen atoms in total. The molecule has 0 bridgehead atoms. The van der Waals surface area contributed by atoms with E-state index in [0.29, 0.717) is 0 Å². The number of pyridine rings is 1. The normalized spacial score (nSPS) is 13.3. The summed E-state index contributed by atoms with van der Waals surface area (Å²) in [6, 6.07) is 1.95. The first-order valence-electron chi connectivity index (χ1n) is 5.54. The number of aromatic nitrogens is 1. The van der Waals surface area contributed by atoms with Gasteiger partial charge in [-0.3, -0.25) is 9.78 Å². The van der Waals surface area contributed by atoms with Gasteiger partial charge in [-0.15, -0.1) is 0 Å². The second kappa shape index (κ2) is 4.64. The second-order valence-electron chi connectivity index (χ2n) is 5.18. The monoisotopic (exact) mass is 220 g/mol. The minimum absolute atomic E-state index is 0.000394. The first kappa shape index (κ1) is 12.7. The van der Waals surface area contributed by atoms with Gasteiger partial charge in [0.2, 0.25) is 5.91 Å². The van der Waals surface area contributed by atoms with Crippen LogP contribution in [0.5, 0.6) is 0 Å². The van der Waals surface area contributed by atoms with Crippen molar-refractivity contribution in [1.29, 1.82) is 0 Å². The molecule has 0 aliphatic rings. The van der Waals surface area contributed by atoms with Crippen LogP contribution in [0, 0.1) is 12.3 Å². The number of carbonyl (C=O) groups is 1. The van der Waals surface area contributed by atoms with Crippen molar-refractivity contribution in [3.8, 4) is 0 Å². The number of rotatable bonds is 2. The first-order valence-corrected chi connectivity index (χ1v) is 5.54. The second-order valence-corrected chi connectivity index (χ2v) is 5.18. The summed E-state index contributed by atoms with van der Waals surface area (Å²) in [7, 11) is 0. The molecule has 0 aliphatic heterocycles. The summed E-state index contributed by atoms with van der Waals surface area (Å²) >= 11 is 0. The van der Waals surface area contributed by atoms with Gasteiger partial charge in [-0.1, -0.05) is 20.8 Å². The quantitative estimate of drug-likeness (QED) is 0.832. The van der Waals surface area contributed by atoms with Gasteiger partial charge in [-0.05, 0) is 31.0 Å². The van der Waals surface area contributed by atoms with Crippen molar-refractivity contribution < 1.29 is 4.79 Å². The summed E-state index contributed by atoms with van der Waals surface area (Å²) in [5.41, 5.74) is 1.86. The number of carbonyl (C=O) groups excluding carboxylic acids is 1. The van der Waals surface area contributed by atoms with E-state index in [0.717, 1.165) is 11.1 Å². The van der Waals surface area contributed by atoms with Crippen LogP contribution >= 0.6 is 0 Å². The topological polar surface area (TPSA) is 42.0 Å². The molecule has 1 amide bonds. The number of hydrogen-bond donors (Lipinski definition) is 1. The molecule has 1 rings (SSSR count). The Morgan fingerprint density at radius 2 is 2.06 bits per heavy atom. The molecule has 1 aromatic rings. The summed E-state index contributed by atoms with van der Waals surface area (Å²) < 4.78 is 0. The zero-order chi connectivity index (χ0) is 12.3. The van der Waals surface area contributed by atoms with E-state index in [1.54, 1.807) is 6.20 Å². The lowest BCUT2D eigenvalue weighted by atomic mass is 9.94. The van der Waals surface area contributed by atoms with Crippen LogP contribution in [-0.4, -0.2) is 10.9 Å². The lowest BCUT2D eigenvalue weighted by molar-refractivity contribution is -0.129. The van der Waals surface area contributed by atoms with Gasteiger partial charge in [0.05, 0.1) is 6.04 Å². The predicted octanol–water partition coefficient (Wildman–Crippen LogP) is 2.61. The summed E-state index contributed by atoms with van der Waals surface area (Å²) in [5.74, 6) is 0.0586. The van der Waals surface area contributed by atoms with Gasteiger partial charge in [0, 0.05) is 17.8 Å². The summed E-state index contributed by atoms with van der Waals surface area (Å²) in [5, 5.41) is 3.00. The maximum absolute atomic E-state index is 11.8. The molecule has 0 spiro atoms. The molecular formula is C13H20N2O. The average molecular weight is 220 g/mol. The molecule has 0 aliphatic carbocycles. The van der Waals surface area contributed by atoms with E-state index in [2.05, 4.69) is 10.3 Å². The largest absolute Gasteiger partial charge is 0.349 e. The summed E-state index contributed by atoms with van der Waals surface area (Å²) in [6.45, 7) is 9.73. The van der Waals surface area contributed by atoms with Crippen molar-refractivity contribution in [2.45, 2.75) is 40.7 Å². The highest BCUT2D eigenvalue weighted by atomic mass is 16.2. The highest BCUT2D eigenvalue weighted by Crippen LogP contribution is 2.19. The van der Waals surface area contributed by atoms with Crippen molar-refractivity contribution >= 4 is 5.91 Å². The van der Waals surface area contributed by atoms with Crippen LogP contribution in [0.15, 0.2) is 18.5 Å². The SMILES string of the molecule is Cc1ccncc1C(C)NC(=O)C(C)(C)C. The Hall–Kier alpha value is -1.38. The highest BCUT2D eigenvalue weighted by molar-refractivity contribution is 5.81. The van der Waals surface area contributed by atoms with Gasteiger partial charge in [0.1, 0.15) is 0 Å². The zero-order valence-corrected chi connectivity index (χ0v) is 10.7. The van der Waals surface area contributed by atoms with Crippen LogP contribution < -0.4 is 5.32 Å². The van der Waals surface area contributed by atoms with Crippen LogP contribution in [-0.2, 0) is 4.79 Å². The van der Waals surface area contributed by atoms with Crippen molar-refractivity contribution in [3.05, 3.63) is 29.6 Å². The Labute approximate surface area is 97.3 Å². The van der Waals surface area contributed by atoms with Crippen molar-refractivity contribution in [2.24, 2.45) is 5.41 Å². The van der Waals surface area contributed by atoms with Gasteiger partial charge in [-0.2, -0.15) is 0 Å². The van der Waals surface area contributed by atoms with E-state index in [9.17, 15) is 4.79 Å². The molecule has 1 aromatic heterocycles. The van der Waals surface area contributed by atoms with E-state index in [1.165, 1.54) is 0 Å². The molecule has 0 fully saturated rings. The molecule has 3 heteroatoms. The summed E-state index contributed by atoms with van der Waals surface area (Å²) in [4.78, 5) is 15.9. The maximum Gasteiger partial charge on any atom is 0.225 e. The number of nitrogens with zero attached hydrogens (tertiary/aromatic N) is 1. The van der Waals surface area contributed by atoms with Gasteiger partial charge in [0.15, 0.2) is 0 Å². The van der Waals surface area contributed by atoms with E-state index >= 15 is 0 Å². The molecular weight excluding hydrogens is 200 g/mol. The Morgan fingerprint density at radius 3 is 2.56 bits per heavy atom. The fraction of sp³-hybridized carbons (Fsp3) is 0.538. The molecule has 88 valence electrons. The fourth-order valence-corrected chi connectivity index (χ4v) is 1.42. The molecule has 1 heterocycles. The molecule has 0 saturated carbocycles. The van der Waals surface area contributed by atoms with Crippen LogP contribution in [0.25, 0.3) is 0 Å². The Balaban J connectivity index is 2.78. The Bertz CT molecular complexity index is 380. The Kier molecular flexibility index (Phi) is 3.68. The van der Waals surface area contributed by atoms with Crippen LogP contribution in [0.2, 0.25) is 0 Å². The van der Waals surface area contributed by atoms with Crippen LogP contribution in [0.3, 0.4) is 0 Å². The fourth-order valence-electron chi connectivity index (χ4n) is 1.42. The molecule has 1 N–H and O–H groups in total. The number of nitrogens with one attached hydrogen (secondary N) is 1. The maximum atomic E-state index is 11.8. The van der Waals surface area contributed by atoms with E-state index in [4.69, 9.17) is 0 Å². The Morgan fingerprint density at radius 1 is 1.44 bits per heavy atom. The average Bonchev–Trinajstić information content (AvgIpc) is 2.16. The van der Waals surface area contributed by atoms with Gasteiger partial charge >= 0.3 is 0 Å². The van der Waals surface area contributed by atoms with Gasteiger partial charge in [-0.25, -0.2) is 0 Å². The van der Waals surface area contributed by atoms with E-state index in [1.807, 2.05) is 46.9 Å². The minimum Gasteiger partial charge on any atom is -0.349 e. The zero-order valence-electron chi connectivity index (χ0n) is 10.7. The van der Waals surface area contributed by atoms with Crippen molar-refractivity contribution in [3.63, 3.8) is 0 Å². The summed E-state index contributed by atoms with van der Waals surface area (Å²) in [6.07, 6.45) is 3.57. The molecule has 1 atom stereocenters. The third-order valence-electron chi connectivity index (χ3n) is 2.57. The molecule has 16 heavy (non-hydrogen) atoms. The lowest BCUT2D eigenvalue weighted by Gasteiger charge is -2.22. The third kappa shape index (κ3) is 3.05. The van der Waals surface area contributed by atoms with Crippen LogP contribution in [0.4, 0.5) is 0 Å². The minimum atomic E-state index is -0.357. The van der Waals surface area contributed by atoms with Crippen molar-refractivity contribution in [2.75, 3.05) is 0 Å². The van der Waals surface area contributed by atoms with E-state index < -0.39 is 0 Å². The highest BCUT2D eigenvalue weighted by Gasteiger charge is 2.23.